The molecule has 3 N–H and O–H groups in total. The summed E-state index contributed by atoms with van der Waals surface area (Å²) in [4.78, 5) is 37.6. The van der Waals surface area contributed by atoms with Gasteiger partial charge in [-0.1, -0.05) is 18.2 Å². The number of amides is 1. The Morgan fingerprint density at radius 3 is 2.93 bits per heavy atom. The van der Waals surface area contributed by atoms with Crippen LogP contribution in [0, 0.1) is 0 Å². The summed E-state index contributed by atoms with van der Waals surface area (Å²) in [6.45, 7) is 1.20. The molecule has 1 aromatic carbocycles. The van der Waals surface area contributed by atoms with E-state index in [4.69, 9.17) is 4.74 Å². The third kappa shape index (κ3) is 3.54. The number of carbonyl (C=O) groups excluding carboxylic acids is 1. The number of aromatic amines is 1. The van der Waals surface area contributed by atoms with Gasteiger partial charge in [-0.2, -0.15) is 9.97 Å². The Bertz CT molecular complexity index is 1090. The van der Waals surface area contributed by atoms with Gasteiger partial charge >= 0.3 is 5.69 Å². The van der Waals surface area contributed by atoms with Crippen molar-refractivity contribution >= 4 is 29.3 Å². The number of aromatic nitrogens is 4. The predicted molar refractivity (Wildman–Crippen MR) is 109 cm³/mol. The summed E-state index contributed by atoms with van der Waals surface area (Å²) in [5.74, 6) is 1.37. The maximum Gasteiger partial charge on any atom is 0.328 e. The molecule has 152 valence electrons. The first kappa shape index (κ1) is 18.9. The van der Waals surface area contributed by atoms with E-state index in [1.54, 1.807) is 7.11 Å². The highest BCUT2D eigenvalue weighted by Gasteiger charge is 2.24. The molecule has 1 atom stereocenters. The number of fused-ring (bicyclic) bond motifs is 1. The van der Waals surface area contributed by atoms with Crippen molar-refractivity contribution in [3.63, 3.8) is 0 Å². The van der Waals surface area contributed by atoms with E-state index < -0.39 is 0 Å². The summed E-state index contributed by atoms with van der Waals surface area (Å²) >= 11 is 0. The normalized spacial score (nSPS) is 16.1. The van der Waals surface area contributed by atoms with Gasteiger partial charge in [0.25, 0.3) is 0 Å². The van der Waals surface area contributed by atoms with Crippen LogP contribution in [0.4, 0.5) is 11.8 Å². The summed E-state index contributed by atoms with van der Waals surface area (Å²) in [6, 6.07) is 7.49. The average molecular weight is 397 g/mol. The molecule has 10 heteroatoms. The largest absolute Gasteiger partial charge is 0.496 e. The van der Waals surface area contributed by atoms with Crippen molar-refractivity contribution in [1.82, 2.24) is 24.8 Å². The third-order valence-electron chi connectivity index (χ3n) is 5.14. The fourth-order valence-electron chi connectivity index (χ4n) is 3.62. The number of rotatable bonds is 7. The van der Waals surface area contributed by atoms with E-state index in [0.717, 1.165) is 24.9 Å². The summed E-state index contributed by atoms with van der Waals surface area (Å²) in [5.41, 5.74) is 1.30. The molecule has 0 radical (unpaired) electrons. The van der Waals surface area contributed by atoms with Crippen LogP contribution in [-0.2, 0) is 11.3 Å². The molecule has 1 fully saturated rings. The minimum absolute atomic E-state index is 0.102. The second-order valence-electron chi connectivity index (χ2n) is 6.88. The maximum atomic E-state index is 12.7. The van der Waals surface area contributed by atoms with Crippen LogP contribution in [0.1, 0.15) is 18.4 Å². The van der Waals surface area contributed by atoms with E-state index >= 15 is 0 Å². The molecule has 3 aromatic rings. The van der Waals surface area contributed by atoms with Crippen LogP contribution in [0.5, 0.6) is 5.75 Å². The molecule has 0 bridgehead atoms. The van der Waals surface area contributed by atoms with Crippen molar-refractivity contribution in [2.45, 2.75) is 25.6 Å². The van der Waals surface area contributed by atoms with Gasteiger partial charge in [-0.25, -0.2) is 4.79 Å². The lowest BCUT2D eigenvalue weighted by Gasteiger charge is -2.24. The maximum absolute atomic E-state index is 12.7. The molecular weight excluding hydrogens is 374 g/mol. The predicted octanol–water partition coefficient (Wildman–Crippen LogP) is 0.890. The molecular formula is C19H23N7O3. The minimum atomic E-state index is -0.340. The van der Waals surface area contributed by atoms with Crippen LogP contribution < -0.4 is 26.0 Å². The monoisotopic (exact) mass is 397 g/mol. The molecule has 1 amide bonds. The second kappa shape index (κ2) is 7.92. The highest BCUT2D eigenvalue weighted by molar-refractivity contribution is 5.89. The van der Waals surface area contributed by atoms with Gasteiger partial charge < -0.3 is 19.9 Å². The third-order valence-corrected chi connectivity index (χ3v) is 5.14. The van der Waals surface area contributed by atoms with Crippen molar-refractivity contribution in [1.29, 1.82) is 0 Å². The number of hydrogen-bond donors (Lipinski definition) is 3. The van der Waals surface area contributed by atoms with Crippen molar-refractivity contribution in [2.24, 2.45) is 0 Å². The molecule has 0 unspecified atom stereocenters. The van der Waals surface area contributed by atoms with Crippen molar-refractivity contribution in [3.05, 3.63) is 40.3 Å². The van der Waals surface area contributed by atoms with Gasteiger partial charge in [0.1, 0.15) is 11.3 Å². The Balaban J connectivity index is 1.83. The molecule has 1 saturated heterocycles. The quantitative estimate of drug-likeness (QED) is 0.507. The molecule has 0 aliphatic carbocycles. The number of methoxy groups -OCH3 is 1. The van der Waals surface area contributed by atoms with Crippen molar-refractivity contribution in [3.8, 4) is 5.75 Å². The first-order valence-electron chi connectivity index (χ1n) is 9.41. The molecule has 0 spiro atoms. The second-order valence-corrected chi connectivity index (χ2v) is 6.88. The molecule has 3 heterocycles. The van der Waals surface area contributed by atoms with E-state index in [-0.39, 0.29) is 24.2 Å². The molecule has 0 saturated carbocycles. The zero-order chi connectivity index (χ0) is 20.4. The fraction of sp³-hybridized carbons (Fsp3) is 0.368. The van der Waals surface area contributed by atoms with Gasteiger partial charge in [0.05, 0.1) is 19.8 Å². The van der Waals surface area contributed by atoms with Gasteiger partial charge in [-0.15, -0.1) is 0 Å². The number of para-hydroxylation sites is 1. The number of benzene rings is 1. The lowest BCUT2D eigenvalue weighted by Crippen LogP contribution is -2.40. The number of nitrogens with one attached hydrogen (secondary N) is 3. The van der Waals surface area contributed by atoms with Gasteiger partial charge in [0.2, 0.25) is 12.4 Å². The molecule has 4 rings (SSSR count). The van der Waals surface area contributed by atoms with Crippen LogP contribution in [0.25, 0.3) is 11.2 Å². The Morgan fingerprint density at radius 2 is 2.21 bits per heavy atom. The lowest BCUT2D eigenvalue weighted by atomic mass is 10.2. The smallest absolute Gasteiger partial charge is 0.328 e. The van der Waals surface area contributed by atoms with E-state index in [1.807, 2.05) is 36.2 Å². The minimum Gasteiger partial charge on any atom is -0.496 e. The zero-order valence-electron chi connectivity index (χ0n) is 16.3. The highest BCUT2D eigenvalue weighted by Crippen LogP contribution is 2.24. The number of nitrogens with zero attached hydrogens (tertiary/aromatic N) is 4. The molecule has 29 heavy (non-hydrogen) atoms. The van der Waals surface area contributed by atoms with Crippen LogP contribution in [0.2, 0.25) is 0 Å². The van der Waals surface area contributed by atoms with Crippen LogP contribution in [0.15, 0.2) is 29.1 Å². The number of ether oxygens (including phenoxy) is 1. The van der Waals surface area contributed by atoms with Gasteiger partial charge in [0.15, 0.2) is 11.5 Å². The fourth-order valence-corrected chi connectivity index (χ4v) is 3.62. The zero-order valence-corrected chi connectivity index (χ0v) is 16.3. The molecule has 1 aliphatic heterocycles. The number of hydrogen-bond acceptors (Lipinski definition) is 7. The van der Waals surface area contributed by atoms with Gasteiger partial charge in [-0.05, 0) is 25.5 Å². The van der Waals surface area contributed by atoms with Crippen LogP contribution in [0.3, 0.4) is 0 Å². The van der Waals surface area contributed by atoms with Gasteiger partial charge in [-0.3, -0.25) is 14.7 Å². The van der Waals surface area contributed by atoms with Gasteiger partial charge in [0, 0.05) is 12.6 Å². The first-order chi connectivity index (χ1) is 14.1. The first-order valence-corrected chi connectivity index (χ1v) is 9.41. The van der Waals surface area contributed by atoms with E-state index in [2.05, 4.69) is 25.6 Å². The summed E-state index contributed by atoms with van der Waals surface area (Å²) in [5, 5.41) is 5.97. The number of carbonyl (C=O) groups is 1. The Kier molecular flexibility index (Phi) is 5.17. The number of anilines is 2. The van der Waals surface area contributed by atoms with Crippen LogP contribution in [-0.4, -0.2) is 52.8 Å². The standard InChI is InChI=1S/C19H23N7O3/c1-25(14-8-5-9-20-14)18-23-16(21-11-27)15-17(24-18)26(19(28)22-15)10-12-6-3-4-7-13(12)29-2/h3-4,6-7,11,14,20H,5,8-10H2,1-2H3,(H,22,28)(H,21,23,24,27)/t14-/m1/s1. The molecule has 1 aliphatic rings. The van der Waals surface area contributed by atoms with E-state index in [0.29, 0.717) is 29.3 Å². The van der Waals surface area contributed by atoms with E-state index in [1.165, 1.54) is 4.57 Å². The molecule has 2 aromatic heterocycles. The Labute approximate surface area is 166 Å². The van der Waals surface area contributed by atoms with Crippen molar-refractivity contribution in [2.75, 3.05) is 30.9 Å². The topological polar surface area (TPSA) is 117 Å². The van der Waals surface area contributed by atoms with Crippen LogP contribution >= 0.6 is 0 Å². The van der Waals surface area contributed by atoms with Crippen molar-refractivity contribution < 1.29 is 9.53 Å². The lowest BCUT2D eigenvalue weighted by molar-refractivity contribution is -0.105. The summed E-state index contributed by atoms with van der Waals surface area (Å²) in [6.07, 6.45) is 2.68. The molecule has 10 nitrogen and oxygen atoms in total. The summed E-state index contributed by atoms with van der Waals surface area (Å²) < 4.78 is 6.92. The Morgan fingerprint density at radius 1 is 1.38 bits per heavy atom. The SMILES string of the molecule is COc1ccccc1Cn1c(=O)[nH]c2c(NC=O)nc(N(C)[C@@H]3CCCN3)nc21. The number of H-pyrrole nitrogens is 1. The summed E-state index contributed by atoms with van der Waals surface area (Å²) in [7, 11) is 3.48. The average Bonchev–Trinajstić information content (AvgIpc) is 3.37. The highest BCUT2D eigenvalue weighted by atomic mass is 16.5. The Hall–Kier alpha value is -3.40. The number of imidazole rings is 1. The van der Waals surface area contributed by atoms with E-state index in [9.17, 15) is 9.59 Å².